The number of benzene rings is 1. The molecule has 86 valence electrons. The summed E-state index contributed by atoms with van der Waals surface area (Å²) in [5, 5.41) is 11.7. The SMILES string of the molecule is COc1ccc(CNc2ocnc2C#N)cc1. The molecule has 0 fully saturated rings. The van der Waals surface area contributed by atoms with Gasteiger partial charge in [0.05, 0.1) is 7.11 Å². The van der Waals surface area contributed by atoms with E-state index in [1.807, 2.05) is 30.3 Å². The average Bonchev–Trinajstić information content (AvgIpc) is 2.84. The van der Waals surface area contributed by atoms with Crippen LogP contribution in [0.5, 0.6) is 5.75 Å². The fraction of sp³-hybridized carbons (Fsp3) is 0.167. The molecule has 2 rings (SSSR count). The first-order valence-electron chi connectivity index (χ1n) is 5.04. The molecule has 5 nitrogen and oxygen atoms in total. The Morgan fingerprint density at radius 1 is 1.41 bits per heavy atom. The average molecular weight is 229 g/mol. The van der Waals surface area contributed by atoms with Crippen molar-refractivity contribution < 1.29 is 9.15 Å². The van der Waals surface area contributed by atoms with E-state index in [-0.39, 0.29) is 5.69 Å². The molecule has 5 heteroatoms. The Labute approximate surface area is 98.7 Å². The molecule has 2 aromatic rings. The molecule has 1 aromatic carbocycles. The molecule has 0 bridgehead atoms. The van der Waals surface area contributed by atoms with Gasteiger partial charge in [0, 0.05) is 6.54 Å². The second-order valence-corrected chi connectivity index (χ2v) is 3.34. The van der Waals surface area contributed by atoms with Gasteiger partial charge in [-0.3, -0.25) is 0 Å². The molecule has 0 radical (unpaired) electrons. The van der Waals surface area contributed by atoms with E-state index in [9.17, 15) is 0 Å². The van der Waals surface area contributed by atoms with Gasteiger partial charge in [0.2, 0.25) is 11.6 Å². The van der Waals surface area contributed by atoms with E-state index < -0.39 is 0 Å². The van der Waals surface area contributed by atoms with E-state index in [4.69, 9.17) is 14.4 Å². The Balaban J connectivity index is 2.00. The van der Waals surface area contributed by atoms with Gasteiger partial charge < -0.3 is 14.5 Å². The number of hydrogen-bond acceptors (Lipinski definition) is 5. The molecule has 0 aliphatic rings. The Hall–Kier alpha value is -2.48. The fourth-order valence-electron chi connectivity index (χ4n) is 1.38. The highest BCUT2D eigenvalue weighted by atomic mass is 16.5. The van der Waals surface area contributed by atoms with Gasteiger partial charge in [0.15, 0.2) is 6.39 Å². The lowest BCUT2D eigenvalue weighted by molar-refractivity contribution is 0.414. The topological polar surface area (TPSA) is 71.1 Å². The molecule has 0 saturated carbocycles. The van der Waals surface area contributed by atoms with Crippen molar-refractivity contribution in [2.45, 2.75) is 6.54 Å². The lowest BCUT2D eigenvalue weighted by Crippen LogP contribution is -1.99. The van der Waals surface area contributed by atoms with Crippen molar-refractivity contribution in [1.29, 1.82) is 5.26 Å². The monoisotopic (exact) mass is 229 g/mol. The number of anilines is 1. The highest BCUT2D eigenvalue weighted by Crippen LogP contribution is 2.15. The summed E-state index contributed by atoms with van der Waals surface area (Å²) in [6.45, 7) is 0.563. The number of ether oxygens (including phenoxy) is 1. The third-order valence-corrected chi connectivity index (χ3v) is 2.29. The number of aromatic nitrogens is 1. The molecule has 17 heavy (non-hydrogen) atoms. The summed E-state index contributed by atoms with van der Waals surface area (Å²) in [5.41, 5.74) is 1.32. The summed E-state index contributed by atoms with van der Waals surface area (Å²) in [6, 6.07) is 9.58. The largest absolute Gasteiger partial charge is 0.497 e. The van der Waals surface area contributed by atoms with Crippen LogP contribution in [0.2, 0.25) is 0 Å². The molecule has 0 atom stereocenters. The first-order chi connectivity index (χ1) is 8.33. The number of hydrogen-bond donors (Lipinski definition) is 1. The zero-order valence-corrected chi connectivity index (χ0v) is 9.30. The molecule has 0 spiro atoms. The van der Waals surface area contributed by atoms with Crippen LogP contribution < -0.4 is 10.1 Å². The van der Waals surface area contributed by atoms with Gasteiger partial charge >= 0.3 is 0 Å². The predicted molar refractivity (Wildman–Crippen MR) is 61.5 cm³/mol. The molecule has 1 aromatic heterocycles. The molecule has 0 aliphatic carbocycles. The van der Waals surface area contributed by atoms with Gasteiger partial charge in [-0.25, -0.2) is 4.98 Å². The van der Waals surface area contributed by atoms with Gasteiger partial charge in [-0.1, -0.05) is 12.1 Å². The van der Waals surface area contributed by atoms with Crippen molar-refractivity contribution in [3.05, 3.63) is 41.9 Å². The standard InChI is InChI=1S/C12H11N3O2/c1-16-10-4-2-9(3-5-10)7-14-12-11(6-13)15-8-17-12/h2-5,8,14H,7H2,1H3. The van der Waals surface area contributed by atoms with Crippen LogP contribution in [0.4, 0.5) is 5.88 Å². The van der Waals surface area contributed by atoms with Crippen LogP contribution in [0.25, 0.3) is 0 Å². The molecule has 0 amide bonds. The van der Waals surface area contributed by atoms with Crippen LogP contribution >= 0.6 is 0 Å². The van der Waals surface area contributed by atoms with Crippen LogP contribution in [0.3, 0.4) is 0 Å². The summed E-state index contributed by atoms with van der Waals surface area (Å²) in [4.78, 5) is 3.76. The molecule has 0 saturated heterocycles. The first-order valence-corrected chi connectivity index (χ1v) is 5.04. The molecule has 1 heterocycles. The highest BCUT2D eigenvalue weighted by molar-refractivity contribution is 5.44. The zero-order valence-electron chi connectivity index (χ0n) is 9.30. The van der Waals surface area contributed by atoms with Crippen molar-refractivity contribution >= 4 is 5.88 Å². The van der Waals surface area contributed by atoms with Gasteiger partial charge in [-0.15, -0.1) is 0 Å². The van der Waals surface area contributed by atoms with Crippen molar-refractivity contribution in [2.24, 2.45) is 0 Å². The third-order valence-electron chi connectivity index (χ3n) is 2.29. The lowest BCUT2D eigenvalue weighted by atomic mass is 10.2. The number of nitrogens with one attached hydrogen (secondary N) is 1. The number of nitriles is 1. The zero-order chi connectivity index (χ0) is 12.1. The summed E-state index contributed by atoms with van der Waals surface area (Å²) >= 11 is 0. The maximum absolute atomic E-state index is 8.74. The first kappa shape index (κ1) is 11.0. The van der Waals surface area contributed by atoms with E-state index in [0.29, 0.717) is 12.4 Å². The molecular weight excluding hydrogens is 218 g/mol. The number of methoxy groups -OCH3 is 1. The summed E-state index contributed by atoms with van der Waals surface area (Å²) in [5.74, 6) is 1.20. The highest BCUT2D eigenvalue weighted by Gasteiger charge is 2.06. The van der Waals surface area contributed by atoms with Gasteiger partial charge in [-0.2, -0.15) is 5.26 Å². The Kier molecular flexibility index (Phi) is 3.26. The van der Waals surface area contributed by atoms with E-state index in [1.165, 1.54) is 6.39 Å². The van der Waals surface area contributed by atoms with Crippen LogP contribution in [-0.4, -0.2) is 12.1 Å². The fourth-order valence-corrected chi connectivity index (χ4v) is 1.38. The van der Waals surface area contributed by atoms with Gasteiger partial charge in [0.1, 0.15) is 11.8 Å². The smallest absolute Gasteiger partial charge is 0.232 e. The van der Waals surface area contributed by atoms with E-state index in [1.54, 1.807) is 7.11 Å². The minimum atomic E-state index is 0.263. The second kappa shape index (κ2) is 5.03. The summed E-state index contributed by atoms with van der Waals surface area (Å²) in [7, 11) is 1.63. The third kappa shape index (κ3) is 2.55. The lowest BCUT2D eigenvalue weighted by Gasteiger charge is -2.04. The maximum atomic E-state index is 8.74. The second-order valence-electron chi connectivity index (χ2n) is 3.34. The summed E-state index contributed by atoms with van der Waals surface area (Å²) in [6.07, 6.45) is 1.24. The normalized spacial score (nSPS) is 9.65. The Morgan fingerprint density at radius 2 is 2.18 bits per heavy atom. The molecular formula is C12H11N3O2. The van der Waals surface area contributed by atoms with E-state index >= 15 is 0 Å². The van der Waals surface area contributed by atoms with Crippen molar-refractivity contribution in [3.63, 3.8) is 0 Å². The number of nitrogens with zero attached hydrogens (tertiary/aromatic N) is 2. The van der Waals surface area contributed by atoms with Gasteiger partial charge in [0.25, 0.3) is 0 Å². The van der Waals surface area contributed by atoms with Crippen LogP contribution in [-0.2, 0) is 6.54 Å². The molecule has 0 aliphatic heterocycles. The van der Waals surface area contributed by atoms with Crippen molar-refractivity contribution in [3.8, 4) is 11.8 Å². The van der Waals surface area contributed by atoms with Crippen LogP contribution in [0.15, 0.2) is 35.1 Å². The van der Waals surface area contributed by atoms with Crippen LogP contribution in [0, 0.1) is 11.3 Å². The Morgan fingerprint density at radius 3 is 2.82 bits per heavy atom. The predicted octanol–water partition coefficient (Wildman–Crippen LogP) is 2.17. The molecule has 0 unspecified atom stereocenters. The maximum Gasteiger partial charge on any atom is 0.232 e. The summed E-state index contributed by atoms with van der Waals surface area (Å²) < 4.78 is 10.1. The quantitative estimate of drug-likeness (QED) is 0.869. The minimum Gasteiger partial charge on any atom is -0.497 e. The number of oxazole rings is 1. The number of rotatable bonds is 4. The van der Waals surface area contributed by atoms with E-state index in [2.05, 4.69) is 10.3 Å². The van der Waals surface area contributed by atoms with Crippen molar-refractivity contribution in [2.75, 3.05) is 12.4 Å². The van der Waals surface area contributed by atoms with Crippen molar-refractivity contribution in [1.82, 2.24) is 4.98 Å². The Bertz CT molecular complexity index is 525. The van der Waals surface area contributed by atoms with E-state index in [0.717, 1.165) is 11.3 Å². The van der Waals surface area contributed by atoms with Gasteiger partial charge in [-0.05, 0) is 17.7 Å². The molecule has 1 N–H and O–H groups in total. The van der Waals surface area contributed by atoms with Crippen LogP contribution in [0.1, 0.15) is 11.3 Å². The minimum absolute atomic E-state index is 0.263.